The first-order valence-electron chi connectivity index (χ1n) is 13.6. The molecule has 2 aromatic carbocycles. The van der Waals surface area contributed by atoms with E-state index in [9.17, 15) is 14.0 Å². The van der Waals surface area contributed by atoms with Gasteiger partial charge in [0, 0.05) is 35.9 Å². The second kappa shape index (κ2) is 11.1. The number of Topliss-reactive ketones (excluding diaryl/α,β-unsaturated/α-hetero) is 1. The highest BCUT2D eigenvalue weighted by atomic mass is 19.1. The molecule has 2 N–H and O–H groups in total. The Bertz CT molecular complexity index is 1060. The molecule has 0 radical (unpaired) electrons. The Morgan fingerprint density at radius 2 is 1.69 bits per heavy atom. The van der Waals surface area contributed by atoms with Crippen molar-refractivity contribution in [3.8, 4) is 0 Å². The zero-order valence-electron chi connectivity index (χ0n) is 21.2. The maximum Gasteiger partial charge on any atom is 0.319 e. The Hall–Kier alpha value is -2.73. The summed E-state index contributed by atoms with van der Waals surface area (Å²) in [5.41, 5.74) is 2.49. The van der Waals surface area contributed by atoms with Crippen molar-refractivity contribution in [2.75, 3.05) is 11.9 Å². The maximum absolute atomic E-state index is 13.3. The molecule has 3 aliphatic rings. The molecule has 5 nitrogen and oxygen atoms in total. The van der Waals surface area contributed by atoms with Gasteiger partial charge in [-0.25, -0.2) is 9.18 Å². The Morgan fingerprint density at radius 3 is 2.42 bits per heavy atom. The molecule has 1 saturated carbocycles. The number of carbonyl (C=O) groups is 2. The van der Waals surface area contributed by atoms with E-state index in [-0.39, 0.29) is 23.7 Å². The SMILES string of the molecule is CC(=O)c1cccc(NC(=O)N[C@@H]2CCCC[C@@H]2CN2C3CCC2CC(Cc2ccc(F)cc2)C3)c1. The average Bonchev–Trinajstić information content (AvgIpc) is 3.09. The smallest absolute Gasteiger partial charge is 0.319 e. The van der Waals surface area contributed by atoms with Crippen molar-refractivity contribution >= 4 is 17.5 Å². The van der Waals surface area contributed by atoms with Crippen molar-refractivity contribution in [1.82, 2.24) is 10.2 Å². The van der Waals surface area contributed by atoms with Crippen LogP contribution < -0.4 is 10.6 Å². The first-order valence-corrected chi connectivity index (χ1v) is 13.6. The third-order valence-electron chi connectivity index (χ3n) is 8.62. The number of nitrogens with zero attached hydrogens (tertiary/aromatic N) is 1. The fourth-order valence-electron chi connectivity index (χ4n) is 6.84. The summed E-state index contributed by atoms with van der Waals surface area (Å²) in [6.45, 7) is 2.59. The Kier molecular flexibility index (Phi) is 7.70. The quantitative estimate of drug-likeness (QED) is 0.454. The van der Waals surface area contributed by atoms with Gasteiger partial charge in [-0.05, 0) is 93.5 Å². The van der Waals surface area contributed by atoms with E-state index in [1.54, 1.807) is 30.3 Å². The van der Waals surface area contributed by atoms with E-state index in [0.29, 0.717) is 35.2 Å². The summed E-state index contributed by atoms with van der Waals surface area (Å²) in [5.74, 6) is 0.954. The Balaban J connectivity index is 1.17. The zero-order valence-corrected chi connectivity index (χ0v) is 21.2. The molecule has 2 aromatic rings. The van der Waals surface area contributed by atoms with Gasteiger partial charge < -0.3 is 10.6 Å². The molecule has 2 bridgehead atoms. The summed E-state index contributed by atoms with van der Waals surface area (Å²) in [7, 11) is 0. The third kappa shape index (κ3) is 5.97. The molecule has 6 heteroatoms. The zero-order chi connectivity index (χ0) is 25.1. The van der Waals surface area contributed by atoms with Gasteiger partial charge in [0.2, 0.25) is 0 Å². The average molecular weight is 492 g/mol. The predicted octanol–water partition coefficient (Wildman–Crippen LogP) is 6.19. The fourth-order valence-corrected chi connectivity index (χ4v) is 6.84. The van der Waals surface area contributed by atoms with Gasteiger partial charge in [-0.15, -0.1) is 0 Å². The van der Waals surface area contributed by atoms with Gasteiger partial charge in [0.05, 0.1) is 0 Å². The number of ketones is 1. The molecular formula is C30H38FN3O2. The summed E-state index contributed by atoms with van der Waals surface area (Å²) in [6.07, 6.45) is 10.5. The highest BCUT2D eigenvalue weighted by Crippen LogP contribution is 2.41. The van der Waals surface area contributed by atoms with Crippen LogP contribution in [0, 0.1) is 17.7 Å². The Morgan fingerprint density at radius 1 is 0.972 bits per heavy atom. The van der Waals surface area contributed by atoms with Crippen molar-refractivity contribution < 1.29 is 14.0 Å². The number of urea groups is 1. The number of piperidine rings is 1. The molecule has 3 fully saturated rings. The van der Waals surface area contributed by atoms with Gasteiger partial charge in [-0.2, -0.15) is 0 Å². The van der Waals surface area contributed by atoms with Crippen molar-refractivity contribution in [3.05, 3.63) is 65.5 Å². The largest absolute Gasteiger partial charge is 0.335 e. The van der Waals surface area contributed by atoms with Crippen molar-refractivity contribution in [1.29, 1.82) is 0 Å². The standard InChI is InChI=1S/C30H38FN3O2/c1-20(35)23-6-4-7-26(18-23)32-30(36)33-29-8-3-2-5-24(29)19-34-27-13-14-28(34)17-22(16-27)15-21-9-11-25(31)12-10-21/h4,6-7,9-12,18,22,24,27-29H,2-3,5,8,13-17,19H2,1H3,(H2,32,33,36)/t22?,24-,27?,28?,29-/m1/s1. The highest BCUT2D eigenvalue weighted by molar-refractivity contribution is 5.96. The first-order chi connectivity index (χ1) is 17.4. The van der Waals surface area contributed by atoms with Crippen LogP contribution in [0.5, 0.6) is 0 Å². The van der Waals surface area contributed by atoms with Crippen LogP contribution in [-0.4, -0.2) is 41.4 Å². The molecule has 0 aromatic heterocycles. The fraction of sp³-hybridized carbons (Fsp3) is 0.533. The minimum Gasteiger partial charge on any atom is -0.335 e. The maximum atomic E-state index is 13.3. The van der Waals surface area contributed by atoms with Gasteiger partial charge in [0.25, 0.3) is 0 Å². The number of hydrogen-bond donors (Lipinski definition) is 2. The number of fused-ring (bicyclic) bond motifs is 2. The third-order valence-corrected chi connectivity index (χ3v) is 8.62. The van der Waals surface area contributed by atoms with E-state index in [1.165, 1.54) is 44.6 Å². The Labute approximate surface area is 213 Å². The van der Waals surface area contributed by atoms with E-state index in [2.05, 4.69) is 15.5 Å². The molecule has 36 heavy (non-hydrogen) atoms. The predicted molar refractivity (Wildman–Crippen MR) is 141 cm³/mol. The number of hydrogen-bond acceptors (Lipinski definition) is 3. The van der Waals surface area contributed by atoms with Crippen LogP contribution in [0.25, 0.3) is 0 Å². The topological polar surface area (TPSA) is 61.4 Å². The van der Waals surface area contributed by atoms with E-state index < -0.39 is 0 Å². The number of carbonyl (C=O) groups excluding carboxylic acids is 2. The number of nitrogens with one attached hydrogen (secondary N) is 2. The normalized spacial score (nSPS) is 28.0. The van der Waals surface area contributed by atoms with Crippen LogP contribution in [0.4, 0.5) is 14.9 Å². The molecular weight excluding hydrogens is 453 g/mol. The van der Waals surface area contributed by atoms with E-state index >= 15 is 0 Å². The van der Waals surface area contributed by atoms with E-state index in [4.69, 9.17) is 0 Å². The van der Waals surface area contributed by atoms with Gasteiger partial charge in [-0.1, -0.05) is 37.1 Å². The monoisotopic (exact) mass is 491 g/mol. The highest BCUT2D eigenvalue weighted by Gasteiger charge is 2.42. The van der Waals surface area contributed by atoms with Gasteiger partial charge in [0.1, 0.15) is 5.82 Å². The van der Waals surface area contributed by atoms with Gasteiger partial charge in [-0.3, -0.25) is 9.69 Å². The van der Waals surface area contributed by atoms with Crippen LogP contribution in [0.15, 0.2) is 48.5 Å². The lowest BCUT2D eigenvalue weighted by atomic mass is 9.81. The van der Waals surface area contributed by atoms with E-state index in [1.807, 2.05) is 18.2 Å². The van der Waals surface area contributed by atoms with Crippen molar-refractivity contribution in [2.24, 2.45) is 11.8 Å². The lowest BCUT2D eigenvalue weighted by Gasteiger charge is -2.43. The van der Waals surface area contributed by atoms with Crippen LogP contribution in [-0.2, 0) is 6.42 Å². The molecule has 2 heterocycles. The number of rotatable bonds is 7. The molecule has 5 rings (SSSR count). The number of benzene rings is 2. The molecule has 2 saturated heterocycles. The molecule has 2 unspecified atom stereocenters. The van der Waals surface area contributed by atoms with E-state index in [0.717, 1.165) is 32.2 Å². The van der Waals surface area contributed by atoms with Gasteiger partial charge in [0.15, 0.2) is 5.78 Å². The number of amides is 2. The second-order valence-electron chi connectivity index (χ2n) is 11.1. The van der Waals surface area contributed by atoms with Crippen LogP contribution >= 0.6 is 0 Å². The number of halogens is 1. The molecule has 4 atom stereocenters. The minimum absolute atomic E-state index is 0.0116. The number of anilines is 1. The molecule has 0 spiro atoms. The first kappa shape index (κ1) is 24.9. The van der Waals surface area contributed by atoms with Crippen molar-refractivity contribution in [2.45, 2.75) is 82.8 Å². The van der Waals surface area contributed by atoms with Crippen LogP contribution in [0.2, 0.25) is 0 Å². The lowest BCUT2D eigenvalue weighted by molar-refractivity contribution is 0.0698. The van der Waals surface area contributed by atoms with Crippen LogP contribution in [0.3, 0.4) is 0 Å². The molecule has 1 aliphatic carbocycles. The van der Waals surface area contributed by atoms with Crippen LogP contribution in [0.1, 0.15) is 74.2 Å². The van der Waals surface area contributed by atoms with Gasteiger partial charge >= 0.3 is 6.03 Å². The molecule has 2 aliphatic heterocycles. The second-order valence-corrected chi connectivity index (χ2v) is 11.1. The summed E-state index contributed by atoms with van der Waals surface area (Å²) >= 11 is 0. The summed E-state index contributed by atoms with van der Waals surface area (Å²) in [6, 6.07) is 15.4. The lowest BCUT2D eigenvalue weighted by Crippen LogP contribution is -2.51. The summed E-state index contributed by atoms with van der Waals surface area (Å²) in [5, 5.41) is 6.19. The molecule has 192 valence electrons. The molecule has 2 amide bonds. The summed E-state index contributed by atoms with van der Waals surface area (Å²) in [4.78, 5) is 27.3. The summed E-state index contributed by atoms with van der Waals surface area (Å²) < 4.78 is 13.3. The minimum atomic E-state index is -0.186. The van der Waals surface area contributed by atoms with Crippen molar-refractivity contribution in [3.63, 3.8) is 0 Å².